The zero-order valence-electron chi connectivity index (χ0n) is 14.7. The lowest BCUT2D eigenvalue weighted by Gasteiger charge is -2.07. The molecule has 138 valence electrons. The van der Waals surface area contributed by atoms with Crippen molar-refractivity contribution in [3.63, 3.8) is 0 Å². The normalized spacial score (nSPS) is 10.6. The second-order valence-electron chi connectivity index (χ2n) is 6.02. The number of amides is 1. The van der Waals surface area contributed by atoms with Gasteiger partial charge in [0, 0.05) is 29.5 Å². The van der Waals surface area contributed by atoms with Gasteiger partial charge in [-0.15, -0.1) is 0 Å². The molecule has 6 nitrogen and oxygen atoms in total. The molecule has 0 radical (unpaired) electrons. The molecular formula is C21H15ClN4O2. The Labute approximate surface area is 166 Å². The first-order valence-corrected chi connectivity index (χ1v) is 8.94. The third kappa shape index (κ3) is 3.92. The number of benzene rings is 2. The van der Waals surface area contributed by atoms with Gasteiger partial charge in [-0.2, -0.15) is 4.98 Å². The number of carbonyl (C=O) groups excluding carboxylic acids is 1. The lowest BCUT2D eigenvalue weighted by atomic mass is 10.1. The molecule has 2 aromatic carbocycles. The van der Waals surface area contributed by atoms with Gasteiger partial charge in [0.1, 0.15) is 0 Å². The number of hydrogen-bond donors (Lipinski definition) is 1. The third-order valence-corrected chi connectivity index (χ3v) is 4.36. The molecular weight excluding hydrogens is 376 g/mol. The summed E-state index contributed by atoms with van der Waals surface area (Å²) in [6, 6.07) is 18.0. The van der Waals surface area contributed by atoms with Crippen molar-refractivity contribution in [1.82, 2.24) is 20.4 Å². The van der Waals surface area contributed by atoms with Crippen LogP contribution in [0, 0.1) is 0 Å². The molecule has 1 amide bonds. The molecule has 4 aromatic rings. The van der Waals surface area contributed by atoms with E-state index in [1.807, 2.05) is 30.3 Å². The highest BCUT2D eigenvalue weighted by Crippen LogP contribution is 2.26. The van der Waals surface area contributed by atoms with Crippen LogP contribution in [-0.2, 0) is 6.54 Å². The van der Waals surface area contributed by atoms with Gasteiger partial charge in [0.25, 0.3) is 11.8 Å². The molecule has 0 saturated carbocycles. The van der Waals surface area contributed by atoms with Crippen LogP contribution in [0.5, 0.6) is 0 Å². The van der Waals surface area contributed by atoms with E-state index < -0.39 is 0 Å². The lowest BCUT2D eigenvalue weighted by Crippen LogP contribution is -2.23. The number of carbonyl (C=O) groups is 1. The number of rotatable bonds is 5. The summed E-state index contributed by atoms with van der Waals surface area (Å²) >= 11 is 5.92. The van der Waals surface area contributed by atoms with Gasteiger partial charge in [-0.25, -0.2) is 0 Å². The van der Waals surface area contributed by atoms with Gasteiger partial charge in [-0.1, -0.05) is 35.0 Å². The van der Waals surface area contributed by atoms with Crippen molar-refractivity contribution in [2.45, 2.75) is 6.54 Å². The van der Waals surface area contributed by atoms with Gasteiger partial charge >= 0.3 is 0 Å². The topological polar surface area (TPSA) is 80.9 Å². The van der Waals surface area contributed by atoms with E-state index in [9.17, 15) is 4.79 Å². The fourth-order valence-corrected chi connectivity index (χ4v) is 2.82. The van der Waals surface area contributed by atoms with Crippen LogP contribution in [0.2, 0.25) is 5.02 Å². The number of nitrogens with one attached hydrogen (secondary N) is 1. The van der Waals surface area contributed by atoms with Gasteiger partial charge in [-0.05, 0) is 48.0 Å². The molecule has 1 N–H and O–H groups in total. The Balaban J connectivity index is 1.58. The molecule has 2 aromatic heterocycles. The van der Waals surface area contributed by atoms with Crippen molar-refractivity contribution in [3.05, 3.63) is 89.2 Å². The van der Waals surface area contributed by atoms with Crippen LogP contribution >= 0.6 is 11.6 Å². The fraction of sp³-hybridized carbons (Fsp3) is 0.0476. The van der Waals surface area contributed by atoms with E-state index in [2.05, 4.69) is 20.4 Å². The van der Waals surface area contributed by atoms with Crippen molar-refractivity contribution in [3.8, 4) is 22.8 Å². The Hall–Kier alpha value is -3.51. The quantitative estimate of drug-likeness (QED) is 0.546. The van der Waals surface area contributed by atoms with Gasteiger partial charge < -0.3 is 9.84 Å². The van der Waals surface area contributed by atoms with Crippen LogP contribution in [0.4, 0.5) is 0 Å². The second kappa shape index (κ2) is 8.02. The van der Waals surface area contributed by atoms with Crippen LogP contribution in [0.25, 0.3) is 22.8 Å². The van der Waals surface area contributed by atoms with Crippen molar-refractivity contribution in [2.24, 2.45) is 0 Å². The number of nitrogens with zero attached hydrogens (tertiary/aromatic N) is 3. The number of halogens is 1. The predicted octanol–water partition coefficient (Wildman–Crippen LogP) is 4.38. The summed E-state index contributed by atoms with van der Waals surface area (Å²) in [4.78, 5) is 21.2. The molecule has 7 heteroatoms. The minimum Gasteiger partial charge on any atom is -0.348 e. The Morgan fingerprint density at radius 3 is 2.64 bits per heavy atom. The van der Waals surface area contributed by atoms with Gasteiger partial charge in [0.2, 0.25) is 5.82 Å². The van der Waals surface area contributed by atoms with E-state index >= 15 is 0 Å². The van der Waals surface area contributed by atoms with E-state index in [1.54, 1.807) is 42.7 Å². The average Bonchev–Trinajstić information content (AvgIpc) is 3.23. The molecule has 2 heterocycles. The van der Waals surface area contributed by atoms with Crippen LogP contribution in [0.1, 0.15) is 15.9 Å². The monoisotopic (exact) mass is 390 g/mol. The fourth-order valence-electron chi connectivity index (χ4n) is 2.70. The predicted molar refractivity (Wildman–Crippen MR) is 106 cm³/mol. The van der Waals surface area contributed by atoms with Crippen LogP contribution in [0.3, 0.4) is 0 Å². The standard InChI is InChI=1S/C21H15ClN4O2/c22-16-9-7-15(8-10-16)19-25-21(28-26-19)18-6-2-1-5-17(18)20(27)24-13-14-4-3-11-23-12-14/h1-12H,13H2,(H,24,27). The summed E-state index contributed by atoms with van der Waals surface area (Å²) in [6.07, 6.45) is 3.40. The van der Waals surface area contributed by atoms with Crippen molar-refractivity contribution < 1.29 is 9.32 Å². The summed E-state index contributed by atoms with van der Waals surface area (Å²) in [5, 5.41) is 7.53. The SMILES string of the molecule is O=C(NCc1cccnc1)c1ccccc1-c1nc(-c2ccc(Cl)cc2)no1. The molecule has 4 rings (SSSR count). The molecule has 0 unspecified atom stereocenters. The van der Waals surface area contributed by atoms with Crippen molar-refractivity contribution >= 4 is 17.5 Å². The molecule has 0 aliphatic rings. The highest BCUT2D eigenvalue weighted by Gasteiger charge is 2.18. The Morgan fingerprint density at radius 2 is 1.86 bits per heavy atom. The van der Waals surface area contributed by atoms with E-state index in [-0.39, 0.29) is 11.8 Å². The first kappa shape index (κ1) is 17.9. The molecule has 0 fully saturated rings. The third-order valence-electron chi connectivity index (χ3n) is 4.11. The van der Waals surface area contributed by atoms with Crippen molar-refractivity contribution in [2.75, 3.05) is 0 Å². The van der Waals surface area contributed by atoms with E-state index in [0.717, 1.165) is 11.1 Å². The van der Waals surface area contributed by atoms with Crippen molar-refractivity contribution in [1.29, 1.82) is 0 Å². The minimum atomic E-state index is -0.231. The first-order chi connectivity index (χ1) is 13.7. The maximum absolute atomic E-state index is 12.7. The highest BCUT2D eigenvalue weighted by atomic mass is 35.5. The van der Waals surface area contributed by atoms with E-state index in [4.69, 9.17) is 16.1 Å². The first-order valence-electron chi connectivity index (χ1n) is 8.57. The lowest BCUT2D eigenvalue weighted by molar-refractivity contribution is 0.0951. The molecule has 28 heavy (non-hydrogen) atoms. The van der Waals surface area contributed by atoms with E-state index in [0.29, 0.717) is 28.5 Å². The van der Waals surface area contributed by atoms with Gasteiger partial charge in [0.05, 0.1) is 11.1 Å². The Kier molecular flexibility index (Phi) is 5.12. The molecule has 0 aliphatic carbocycles. The Bertz CT molecular complexity index is 1090. The largest absolute Gasteiger partial charge is 0.348 e. The smallest absolute Gasteiger partial charge is 0.259 e. The molecule has 0 atom stereocenters. The number of hydrogen-bond acceptors (Lipinski definition) is 5. The average molecular weight is 391 g/mol. The van der Waals surface area contributed by atoms with Gasteiger partial charge in [0.15, 0.2) is 0 Å². The second-order valence-corrected chi connectivity index (χ2v) is 6.46. The molecule has 0 aliphatic heterocycles. The molecule has 0 saturated heterocycles. The molecule has 0 bridgehead atoms. The minimum absolute atomic E-state index is 0.231. The maximum Gasteiger partial charge on any atom is 0.259 e. The van der Waals surface area contributed by atoms with Gasteiger partial charge in [-0.3, -0.25) is 9.78 Å². The maximum atomic E-state index is 12.7. The summed E-state index contributed by atoms with van der Waals surface area (Å²) in [7, 11) is 0. The highest BCUT2D eigenvalue weighted by molar-refractivity contribution is 6.30. The van der Waals surface area contributed by atoms with E-state index in [1.165, 1.54) is 0 Å². The van der Waals surface area contributed by atoms with Crippen LogP contribution in [0.15, 0.2) is 77.6 Å². The summed E-state index contributed by atoms with van der Waals surface area (Å²) in [6.45, 7) is 0.376. The number of pyridine rings is 1. The van der Waals surface area contributed by atoms with Crippen LogP contribution < -0.4 is 5.32 Å². The summed E-state index contributed by atoms with van der Waals surface area (Å²) < 4.78 is 5.40. The zero-order valence-corrected chi connectivity index (χ0v) is 15.4. The summed E-state index contributed by atoms with van der Waals surface area (Å²) in [5.41, 5.74) is 2.71. The van der Waals surface area contributed by atoms with Crippen LogP contribution in [-0.4, -0.2) is 21.0 Å². The zero-order chi connectivity index (χ0) is 19.3. The molecule has 0 spiro atoms. The Morgan fingerprint density at radius 1 is 1.04 bits per heavy atom. The summed E-state index contributed by atoms with van der Waals surface area (Å²) in [5.74, 6) is 0.472. The number of aromatic nitrogens is 3.